The van der Waals surface area contributed by atoms with Gasteiger partial charge in [-0.25, -0.2) is 9.97 Å². The third-order valence-corrected chi connectivity index (χ3v) is 5.79. The van der Waals surface area contributed by atoms with Crippen LogP contribution in [-0.4, -0.2) is 22.5 Å². The van der Waals surface area contributed by atoms with E-state index in [1.54, 1.807) is 11.3 Å². The summed E-state index contributed by atoms with van der Waals surface area (Å²) in [5.74, 6) is 1.37. The summed E-state index contributed by atoms with van der Waals surface area (Å²) in [7, 11) is 0. The van der Waals surface area contributed by atoms with E-state index in [2.05, 4.69) is 15.3 Å². The smallest absolute Gasteiger partial charge is 0.232 e. The first-order valence-corrected chi connectivity index (χ1v) is 10.4. The fraction of sp³-hybridized carbons (Fsp3) is 0.316. The number of nitrogens with zero attached hydrogens (tertiary/aromatic N) is 2. The molecular weight excluding hydrogens is 366 g/mol. The molecule has 1 aliphatic rings. The van der Waals surface area contributed by atoms with Gasteiger partial charge in [-0.15, -0.1) is 22.7 Å². The molecule has 134 valence electrons. The van der Waals surface area contributed by atoms with Crippen molar-refractivity contribution in [2.75, 3.05) is 11.9 Å². The van der Waals surface area contributed by atoms with Crippen LogP contribution in [0.25, 0.3) is 10.6 Å². The lowest BCUT2D eigenvalue weighted by molar-refractivity contribution is -0.115. The van der Waals surface area contributed by atoms with Gasteiger partial charge in [0.05, 0.1) is 24.4 Å². The minimum atomic E-state index is -0.0785. The van der Waals surface area contributed by atoms with Crippen molar-refractivity contribution in [3.8, 4) is 16.3 Å². The average molecular weight is 386 g/mol. The number of hydrogen-bond acceptors (Lipinski definition) is 6. The Balaban J connectivity index is 1.36. The van der Waals surface area contributed by atoms with E-state index >= 15 is 0 Å². The molecular formula is C19H19N3O2S2. The lowest BCUT2D eigenvalue weighted by Crippen LogP contribution is -2.14. The number of nitrogens with one attached hydrogen (secondary N) is 1. The van der Waals surface area contributed by atoms with Crippen LogP contribution < -0.4 is 10.1 Å². The third-order valence-electron chi connectivity index (χ3n) is 4.07. The summed E-state index contributed by atoms with van der Waals surface area (Å²) in [5.41, 5.74) is 2.91. The van der Waals surface area contributed by atoms with E-state index in [-0.39, 0.29) is 12.3 Å². The summed E-state index contributed by atoms with van der Waals surface area (Å²) in [6.07, 6.45) is 2.68. The van der Waals surface area contributed by atoms with Gasteiger partial charge in [-0.05, 0) is 44.0 Å². The Bertz CT molecular complexity index is 898. The van der Waals surface area contributed by atoms with Gasteiger partial charge >= 0.3 is 0 Å². The Kier molecular flexibility index (Phi) is 4.99. The van der Waals surface area contributed by atoms with Crippen molar-refractivity contribution >= 4 is 33.7 Å². The Labute approximate surface area is 160 Å². The summed E-state index contributed by atoms with van der Waals surface area (Å²) >= 11 is 3.03. The van der Waals surface area contributed by atoms with Crippen molar-refractivity contribution in [1.29, 1.82) is 0 Å². The second kappa shape index (κ2) is 7.55. The van der Waals surface area contributed by atoms with Crippen molar-refractivity contribution in [3.63, 3.8) is 0 Å². The highest BCUT2D eigenvalue weighted by molar-refractivity contribution is 7.14. The molecule has 1 fully saturated rings. The summed E-state index contributed by atoms with van der Waals surface area (Å²) in [4.78, 5) is 21.3. The number of rotatable bonds is 7. The SMILES string of the molecule is CCOc1ccc(-c2nc(CC(=O)Nc3nc(C4CC4)cs3)cs2)cc1. The van der Waals surface area contributed by atoms with Gasteiger partial charge in [0.15, 0.2) is 5.13 Å². The standard InChI is InChI=1S/C19H19N3O2S2/c1-2-24-15-7-5-13(6-8-15)18-20-14(10-25-18)9-17(23)22-19-21-16(11-26-19)12-3-4-12/h5-8,10-12H,2-4,9H2,1H3,(H,21,22,23). The second-order valence-corrected chi connectivity index (χ2v) is 7.89. The number of hydrogen-bond donors (Lipinski definition) is 1. The topological polar surface area (TPSA) is 64.1 Å². The van der Waals surface area contributed by atoms with Crippen LogP contribution in [0.15, 0.2) is 35.0 Å². The Morgan fingerprint density at radius 1 is 1.19 bits per heavy atom. The molecule has 1 saturated carbocycles. The van der Waals surface area contributed by atoms with Crippen LogP contribution in [0.2, 0.25) is 0 Å². The largest absolute Gasteiger partial charge is 0.494 e. The fourth-order valence-corrected chi connectivity index (χ4v) is 4.25. The fourth-order valence-electron chi connectivity index (χ4n) is 2.62. The summed E-state index contributed by atoms with van der Waals surface area (Å²) in [6, 6.07) is 7.85. The zero-order chi connectivity index (χ0) is 17.9. The Morgan fingerprint density at radius 2 is 2.00 bits per heavy atom. The van der Waals surface area contributed by atoms with Crippen LogP contribution >= 0.6 is 22.7 Å². The van der Waals surface area contributed by atoms with Crippen molar-refractivity contribution in [1.82, 2.24) is 9.97 Å². The minimum Gasteiger partial charge on any atom is -0.494 e. The molecule has 0 unspecified atom stereocenters. The van der Waals surface area contributed by atoms with Crippen LogP contribution in [0, 0.1) is 0 Å². The van der Waals surface area contributed by atoms with Gasteiger partial charge in [0.2, 0.25) is 5.91 Å². The van der Waals surface area contributed by atoms with Crippen LogP contribution in [0.1, 0.15) is 37.1 Å². The number of carbonyl (C=O) groups is 1. The van der Waals surface area contributed by atoms with Crippen molar-refractivity contribution < 1.29 is 9.53 Å². The zero-order valence-corrected chi connectivity index (χ0v) is 16.0. The molecule has 2 aromatic heterocycles. The van der Waals surface area contributed by atoms with E-state index in [0.29, 0.717) is 17.7 Å². The monoisotopic (exact) mass is 385 g/mol. The highest BCUT2D eigenvalue weighted by Crippen LogP contribution is 2.40. The molecule has 0 spiro atoms. The lowest BCUT2D eigenvalue weighted by atomic mass is 10.2. The maximum Gasteiger partial charge on any atom is 0.232 e. The number of carbonyl (C=O) groups excluding carboxylic acids is 1. The predicted molar refractivity (Wildman–Crippen MR) is 105 cm³/mol. The maximum absolute atomic E-state index is 12.2. The van der Waals surface area contributed by atoms with Gasteiger partial charge in [0.25, 0.3) is 0 Å². The molecule has 5 nitrogen and oxygen atoms in total. The Hall–Kier alpha value is -2.25. The van der Waals surface area contributed by atoms with Crippen molar-refractivity contribution in [3.05, 3.63) is 46.4 Å². The number of aromatic nitrogens is 2. The van der Waals surface area contributed by atoms with Gasteiger partial charge in [-0.1, -0.05) is 0 Å². The molecule has 0 aliphatic heterocycles. The van der Waals surface area contributed by atoms with Gasteiger partial charge in [-0.2, -0.15) is 0 Å². The molecule has 3 aromatic rings. The Morgan fingerprint density at radius 3 is 2.73 bits per heavy atom. The molecule has 0 atom stereocenters. The second-order valence-electron chi connectivity index (χ2n) is 6.18. The first-order chi connectivity index (χ1) is 12.7. The maximum atomic E-state index is 12.2. The molecule has 4 rings (SSSR count). The van der Waals surface area contributed by atoms with Crippen LogP contribution in [0.3, 0.4) is 0 Å². The molecule has 26 heavy (non-hydrogen) atoms. The number of thiazole rings is 2. The first-order valence-electron chi connectivity index (χ1n) is 8.64. The molecule has 7 heteroatoms. The van der Waals surface area contributed by atoms with Gasteiger partial charge < -0.3 is 10.1 Å². The normalized spacial score (nSPS) is 13.6. The molecule has 2 heterocycles. The van der Waals surface area contributed by atoms with E-state index in [9.17, 15) is 4.79 Å². The number of benzene rings is 1. The molecule has 1 N–H and O–H groups in total. The summed E-state index contributed by atoms with van der Waals surface area (Å²) in [6.45, 7) is 2.61. The quantitative estimate of drug-likeness (QED) is 0.639. The van der Waals surface area contributed by atoms with Crippen LogP contribution in [-0.2, 0) is 11.2 Å². The number of anilines is 1. The van der Waals surface area contributed by atoms with Crippen molar-refractivity contribution in [2.45, 2.75) is 32.1 Å². The zero-order valence-electron chi connectivity index (χ0n) is 14.4. The van der Waals surface area contributed by atoms with Crippen LogP contribution in [0.5, 0.6) is 5.75 Å². The molecule has 0 bridgehead atoms. The molecule has 1 aliphatic carbocycles. The van der Waals surface area contributed by atoms with Crippen molar-refractivity contribution in [2.24, 2.45) is 0 Å². The average Bonchev–Trinajstić information content (AvgIpc) is 3.21. The van der Waals surface area contributed by atoms with E-state index < -0.39 is 0 Å². The first kappa shape index (κ1) is 17.2. The number of ether oxygens (including phenoxy) is 1. The van der Waals surface area contributed by atoms with Gasteiger partial charge in [0, 0.05) is 22.2 Å². The minimum absolute atomic E-state index is 0.0785. The van der Waals surface area contributed by atoms with Crippen LogP contribution in [0.4, 0.5) is 5.13 Å². The van der Waals surface area contributed by atoms with E-state index in [0.717, 1.165) is 27.7 Å². The number of amides is 1. The lowest BCUT2D eigenvalue weighted by Gasteiger charge is -2.03. The highest BCUT2D eigenvalue weighted by Gasteiger charge is 2.26. The van der Waals surface area contributed by atoms with E-state index in [4.69, 9.17) is 4.74 Å². The van der Waals surface area contributed by atoms with Gasteiger partial charge in [-0.3, -0.25) is 4.79 Å². The van der Waals surface area contributed by atoms with E-state index in [1.165, 1.54) is 24.2 Å². The molecule has 0 radical (unpaired) electrons. The molecule has 1 aromatic carbocycles. The summed E-state index contributed by atoms with van der Waals surface area (Å²) < 4.78 is 5.46. The molecule has 1 amide bonds. The van der Waals surface area contributed by atoms with E-state index in [1.807, 2.05) is 41.9 Å². The molecule has 0 saturated heterocycles. The summed E-state index contributed by atoms with van der Waals surface area (Å²) in [5, 5.41) is 8.44. The van der Waals surface area contributed by atoms with Gasteiger partial charge in [0.1, 0.15) is 10.8 Å². The third kappa shape index (κ3) is 4.11. The predicted octanol–water partition coefficient (Wildman–Crippen LogP) is 4.72. The highest BCUT2D eigenvalue weighted by atomic mass is 32.1.